The summed E-state index contributed by atoms with van der Waals surface area (Å²) in [5, 5.41) is 12.9. The van der Waals surface area contributed by atoms with Crippen molar-refractivity contribution < 1.29 is 24.1 Å². The lowest BCUT2D eigenvalue weighted by atomic mass is 9.90. The van der Waals surface area contributed by atoms with Gasteiger partial charge in [0.25, 0.3) is 11.6 Å². The van der Waals surface area contributed by atoms with Crippen LogP contribution >= 0.6 is 11.6 Å². The lowest BCUT2D eigenvalue weighted by Crippen LogP contribution is -2.37. The van der Waals surface area contributed by atoms with E-state index in [4.69, 9.17) is 21.2 Å². The number of hydrogen-bond acceptors (Lipinski definition) is 7. The summed E-state index contributed by atoms with van der Waals surface area (Å²) in [6.07, 6.45) is -1.11. The molecule has 2 amide bonds. The Morgan fingerprint density at radius 3 is 2.20 bits per heavy atom. The first kappa shape index (κ1) is 25.5. The van der Waals surface area contributed by atoms with Gasteiger partial charge in [0.1, 0.15) is 23.3 Å². The minimum Gasteiger partial charge on any atom is -0.489 e. The number of nitro benzene ring substituents is 1. The summed E-state index contributed by atoms with van der Waals surface area (Å²) in [5.41, 5.74) is 2.13. The molecule has 9 nitrogen and oxygen atoms in total. The number of imide groups is 1. The van der Waals surface area contributed by atoms with Crippen LogP contribution in [0.5, 0.6) is 5.75 Å². The third-order valence-corrected chi connectivity index (χ3v) is 7.30. The van der Waals surface area contributed by atoms with Crippen LogP contribution in [0.1, 0.15) is 17.2 Å². The first-order valence-electron chi connectivity index (χ1n) is 12.5. The van der Waals surface area contributed by atoms with Gasteiger partial charge in [0.15, 0.2) is 6.10 Å². The first-order valence-corrected chi connectivity index (χ1v) is 12.9. The van der Waals surface area contributed by atoms with Crippen LogP contribution in [0.2, 0.25) is 5.02 Å². The SMILES string of the molecule is O=C1[C@H]2[C@H](ON(c3ccccc3)[C@H]2c2ccc(OCc3ccccc3)cc2)C(=O)N1c1ccc(Cl)c([N+](=O)[O-])c1. The van der Waals surface area contributed by atoms with Crippen molar-refractivity contribution in [1.82, 2.24) is 0 Å². The van der Waals surface area contributed by atoms with Crippen LogP contribution in [0.25, 0.3) is 0 Å². The average molecular weight is 556 g/mol. The van der Waals surface area contributed by atoms with E-state index in [-0.39, 0.29) is 10.7 Å². The van der Waals surface area contributed by atoms with Gasteiger partial charge in [-0.3, -0.25) is 24.5 Å². The van der Waals surface area contributed by atoms with Crippen LogP contribution in [0.15, 0.2) is 103 Å². The largest absolute Gasteiger partial charge is 0.489 e. The van der Waals surface area contributed by atoms with Crippen molar-refractivity contribution in [3.63, 3.8) is 0 Å². The summed E-state index contributed by atoms with van der Waals surface area (Å²) < 4.78 is 5.92. The molecule has 0 spiro atoms. The highest BCUT2D eigenvalue weighted by atomic mass is 35.5. The molecule has 3 atom stereocenters. The fraction of sp³-hybridized carbons (Fsp3) is 0.133. The molecule has 10 heteroatoms. The van der Waals surface area contributed by atoms with Crippen molar-refractivity contribution in [3.8, 4) is 5.75 Å². The number of anilines is 2. The predicted octanol–water partition coefficient (Wildman–Crippen LogP) is 5.88. The normalized spacial score (nSPS) is 20.1. The van der Waals surface area contributed by atoms with E-state index >= 15 is 0 Å². The maximum atomic E-state index is 13.8. The quantitative estimate of drug-likeness (QED) is 0.159. The summed E-state index contributed by atoms with van der Waals surface area (Å²) in [4.78, 5) is 45.2. The molecule has 40 heavy (non-hydrogen) atoms. The molecule has 0 unspecified atom stereocenters. The standard InChI is InChI=1S/C30H22ClN3O6/c31-24-16-13-22(17-25(24)34(37)38)32-29(35)26-27(33(40-28(26)30(32)36)21-9-5-2-6-10-21)20-11-14-23(15-12-20)39-18-19-7-3-1-4-8-19/h1-17,26-28H,18H2/t26-,27+,28+/m1/s1. The number of halogens is 1. The predicted molar refractivity (Wildman–Crippen MR) is 148 cm³/mol. The molecule has 200 valence electrons. The number of carbonyl (C=O) groups is 2. The Morgan fingerprint density at radius 1 is 0.850 bits per heavy atom. The molecule has 0 bridgehead atoms. The minimum atomic E-state index is -1.11. The zero-order valence-electron chi connectivity index (χ0n) is 20.9. The van der Waals surface area contributed by atoms with Crippen LogP contribution in [-0.2, 0) is 21.0 Å². The number of nitro groups is 1. The highest BCUT2D eigenvalue weighted by Crippen LogP contribution is 2.48. The topological polar surface area (TPSA) is 102 Å². The molecule has 0 aromatic heterocycles. The average Bonchev–Trinajstić information content (AvgIpc) is 3.49. The van der Waals surface area contributed by atoms with Crippen molar-refractivity contribution >= 4 is 40.5 Å². The van der Waals surface area contributed by atoms with Crippen molar-refractivity contribution in [1.29, 1.82) is 0 Å². The molecule has 0 saturated carbocycles. The second-order valence-electron chi connectivity index (χ2n) is 9.41. The molecule has 0 aliphatic carbocycles. The summed E-state index contributed by atoms with van der Waals surface area (Å²) in [5.74, 6) is -1.35. The van der Waals surface area contributed by atoms with Gasteiger partial charge in [-0.15, -0.1) is 0 Å². The number of hydrogen-bond donors (Lipinski definition) is 0. The Kier molecular flexibility index (Phi) is 6.67. The minimum absolute atomic E-state index is 0.0683. The summed E-state index contributed by atoms with van der Waals surface area (Å²) in [6.45, 7) is 0.405. The van der Waals surface area contributed by atoms with Gasteiger partial charge in [-0.25, -0.2) is 9.96 Å². The molecule has 0 radical (unpaired) electrons. The summed E-state index contributed by atoms with van der Waals surface area (Å²) >= 11 is 5.95. The van der Waals surface area contributed by atoms with Crippen molar-refractivity contribution in [2.75, 3.05) is 9.96 Å². The lowest BCUT2D eigenvalue weighted by Gasteiger charge is -2.28. The maximum Gasteiger partial charge on any atom is 0.289 e. The van der Waals surface area contributed by atoms with Gasteiger partial charge in [0.05, 0.1) is 22.3 Å². The third kappa shape index (κ3) is 4.55. The Bertz CT molecular complexity index is 1580. The van der Waals surface area contributed by atoms with Gasteiger partial charge in [-0.1, -0.05) is 72.3 Å². The number of amides is 2. The smallest absolute Gasteiger partial charge is 0.289 e. The number of para-hydroxylation sites is 1. The van der Waals surface area contributed by atoms with Gasteiger partial charge in [0, 0.05) is 6.07 Å². The van der Waals surface area contributed by atoms with Crippen LogP contribution in [0, 0.1) is 16.0 Å². The van der Waals surface area contributed by atoms with Crippen LogP contribution < -0.4 is 14.7 Å². The fourth-order valence-electron chi connectivity index (χ4n) is 5.09. The summed E-state index contributed by atoms with van der Waals surface area (Å²) in [7, 11) is 0. The number of benzene rings is 4. The molecule has 2 aliphatic heterocycles. The zero-order chi connectivity index (χ0) is 27.8. The molecular weight excluding hydrogens is 534 g/mol. The van der Waals surface area contributed by atoms with Crippen LogP contribution in [0.4, 0.5) is 17.1 Å². The van der Waals surface area contributed by atoms with E-state index < -0.39 is 40.5 Å². The highest BCUT2D eigenvalue weighted by Gasteiger charge is 2.60. The van der Waals surface area contributed by atoms with Gasteiger partial charge in [-0.2, -0.15) is 0 Å². The maximum absolute atomic E-state index is 13.8. The molecule has 2 saturated heterocycles. The number of nitrogens with zero attached hydrogens (tertiary/aromatic N) is 3. The fourth-order valence-corrected chi connectivity index (χ4v) is 5.28. The highest BCUT2D eigenvalue weighted by molar-refractivity contribution is 6.33. The van der Waals surface area contributed by atoms with E-state index in [0.717, 1.165) is 22.1 Å². The Balaban J connectivity index is 1.32. The molecule has 2 heterocycles. The van der Waals surface area contributed by atoms with Crippen molar-refractivity contribution in [3.05, 3.63) is 129 Å². The van der Waals surface area contributed by atoms with E-state index in [0.29, 0.717) is 18.0 Å². The van der Waals surface area contributed by atoms with Crippen LogP contribution in [-0.4, -0.2) is 22.8 Å². The van der Waals surface area contributed by atoms with Crippen LogP contribution in [0.3, 0.4) is 0 Å². The van der Waals surface area contributed by atoms with E-state index in [1.165, 1.54) is 12.1 Å². The van der Waals surface area contributed by atoms with E-state index in [1.807, 2.05) is 84.9 Å². The van der Waals surface area contributed by atoms with E-state index in [9.17, 15) is 19.7 Å². The van der Waals surface area contributed by atoms with Gasteiger partial charge >= 0.3 is 0 Å². The monoisotopic (exact) mass is 555 g/mol. The number of carbonyl (C=O) groups excluding carboxylic acids is 2. The van der Waals surface area contributed by atoms with E-state index in [2.05, 4.69) is 0 Å². The molecule has 0 N–H and O–H groups in total. The molecule has 2 fully saturated rings. The number of fused-ring (bicyclic) bond motifs is 1. The molecule has 4 aromatic carbocycles. The molecular formula is C30H22ClN3O6. The number of rotatable bonds is 7. The molecule has 6 rings (SSSR count). The second-order valence-corrected chi connectivity index (χ2v) is 9.81. The number of ether oxygens (including phenoxy) is 1. The van der Waals surface area contributed by atoms with Gasteiger partial charge < -0.3 is 4.74 Å². The Labute approximate surface area is 234 Å². The summed E-state index contributed by atoms with van der Waals surface area (Å²) in [6, 6.07) is 29.5. The lowest BCUT2D eigenvalue weighted by molar-refractivity contribution is -0.384. The first-order chi connectivity index (χ1) is 19.4. The molecule has 4 aromatic rings. The number of hydroxylamine groups is 1. The van der Waals surface area contributed by atoms with Gasteiger partial charge in [0.2, 0.25) is 5.91 Å². The van der Waals surface area contributed by atoms with Crippen molar-refractivity contribution in [2.24, 2.45) is 5.92 Å². The molecule has 2 aliphatic rings. The third-order valence-electron chi connectivity index (χ3n) is 6.98. The Morgan fingerprint density at radius 2 is 1.52 bits per heavy atom. The zero-order valence-corrected chi connectivity index (χ0v) is 21.7. The Hall–Kier alpha value is -4.73. The van der Waals surface area contributed by atoms with E-state index in [1.54, 1.807) is 5.06 Å². The van der Waals surface area contributed by atoms with Crippen molar-refractivity contribution in [2.45, 2.75) is 18.8 Å². The second kappa shape index (κ2) is 10.4. The van der Waals surface area contributed by atoms with Gasteiger partial charge in [-0.05, 0) is 47.5 Å².